The van der Waals surface area contributed by atoms with Crippen LogP contribution in [0.4, 0.5) is 0 Å². The van der Waals surface area contributed by atoms with Gasteiger partial charge in [-0.15, -0.1) is 0 Å². The van der Waals surface area contributed by atoms with E-state index in [0.29, 0.717) is 6.54 Å². The molecule has 4 nitrogen and oxygen atoms in total. The van der Waals surface area contributed by atoms with Crippen molar-refractivity contribution < 1.29 is 9.90 Å². The average molecular weight is 250 g/mol. The van der Waals surface area contributed by atoms with E-state index in [2.05, 4.69) is 0 Å². The van der Waals surface area contributed by atoms with Crippen molar-refractivity contribution in [2.24, 2.45) is 11.1 Å². The van der Waals surface area contributed by atoms with Crippen molar-refractivity contribution in [1.82, 2.24) is 4.90 Å². The highest BCUT2D eigenvalue weighted by molar-refractivity contribution is 5.82. The molecule has 100 valence electrons. The number of likely N-dealkylation sites (N-methyl/N-ethyl adjacent to an activating group) is 1. The van der Waals surface area contributed by atoms with Crippen molar-refractivity contribution in [3.05, 3.63) is 29.8 Å². The lowest BCUT2D eigenvalue weighted by Gasteiger charge is -2.30. The second-order valence-corrected chi connectivity index (χ2v) is 5.70. The van der Waals surface area contributed by atoms with Crippen LogP contribution in [-0.2, 0) is 11.3 Å². The molecule has 0 heterocycles. The molecule has 1 aromatic rings. The van der Waals surface area contributed by atoms with Gasteiger partial charge >= 0.3 is 0 Å². The van der Waals surface area contributed by atoms with E-state index in [0.717, 1.165) is 5.56 Å². The number of hydrogen-bond acceptors (Lipinski definition) is 3. The lowest BCUT2D eigenvalue weighted by Crippen LogP contribution is -2.48. The van der Waals surface area contributed by atoms with Crippen LogP contribution in [0, 0.1) is 5.41 Å². The molecule has 0 aliphatic carbocycles. The van der Waals surface area contributed by atoms with E-state index in [-0.39, 0.29) is 17.1 Å². The highest BCUT2D eigenvalue weighted by Gasteiger charge is 2.29. The molecule has 0 spiro atoms. The Morgan fingerprint density at radius 3 is 2.28 bits per heavy atom. The topological polar surface area (TPSA) is 66.6 Å². The number of hydrogen-bond donors (Lipinski definition) is 2. The van der Waals surface area contributed by atoms with Crippen LogP contribution in [0.15, 0.2) is 24.3 Å². The van der Waals surface area contributed by atoms with E-state index in [1.54, 1.807) is 36.2 Å². The quantitative estimate of drug-likeness (QED) is 0.858. The maximum atomic E-state index is 12.1. The van der Waals surface area contributed by atoms with Gasteiger partial charge in [-0.05, 0) is 23.1 Å². The van der Waals surface area contributed by atoms with Crippen LogP contribution in [-0.4, -0.2) is 29.0 Å². The molecular formula is C14H22N2O2. The molecule has 1 unspecified atom stereocenters. The molecule has 1 rings (SSSR count). The SMILES string of the molecule is CN(Cc1ccc(O)cc1)C(=O)C(N)C(C)(C)C. The van der Waals surface area contributed by atoms with Crippen LogP contribution < -0.4 is 5.73 Å². The second kappa shape index (κ2) is 5.40. The first-order valence-corrected chi connectivity index (χ1v) is 6.00. The molecule has 3 N–H and O–H groups in total. The Morgan fingerprint density at radius 1 is 1.33 bits per heavy atom. The normalized spacial score (nSPS) is 13.2. The van der Waals surface area contributed by atoms with E-state index in [1.165, 1.54) is 0 Å². The van der Waals surface area contributed by atoms with Crippen LogP contribution >= 0.6 is 0 Å². The lowest BCUT2D eigenvalue weighted by molar-refractivity contribution is -0.134. The fraction of sp³-hybridized carbons (Fsp3) is 0.500. The molecule has 0 radical (unpaired) electrons. The van der Waals surface area contributed by atoms with Gasteiger partial charge < -0.3 is 15.7 Å². The van der Waals surface area contributed by atoms with Gasteiger partial charge in [-0.3, -0.25) is 4.79 Å². The Morgan fingerprint density at radius 2 is 1.83 bits per heavy atom. The summed E-state index contributed by atoms with van der Waals surface area (Å²) in [6.07, 6.45) is 0. The number of nitrogens with two attached hydrogens (primary N) is 1. The minimum atomic E-state index is -0.514. The third-order valence-corrected chi connectivity index (χ3v) is 2.93. The van der Waals surface area contributed by atoms with Gasteiger partial charge in [-0.25, -0.2) is 0 Å². The molecule has 1 amide bonds. The third kappa shape index (κ3) is 3.74. The second-order valence-electron chi connectivity index (χ2n) is 5.70. The fourth-order valence-corrected chi connectivity index (χ4v) is 1.56. The molecule has 0 saturated carbocycles. The Balaban J connectivity index is 2.68. The first kappa shape index (κ1) is 14.5. The van der Waals surface area contributed by atoms with Crippen molar-refractivity contribution in [3.63, 3.8) is 0 Å². The highest BCUT2D eigenvalue weighted by atomic mass is 16.3. The Hall–Kier alpha value is -1.55. The van der Waals surface area contributed by atoms with Crippen molar-refractivity contribution in [2.75, 3.05) is 7.05 Å². The third-order valence-electron chi connectivity index (χ3n) is 2.93. The maximum absolute atomic E-state index is 12.1. The number of phenols is 1. The summed E-state index contributed by atoms with van der Waals surface area (Å²) in [7, 11) is 1.74. The van der Waals surface area contributed by atoms with E-state index in [4.69, 9.17) is 5.73 Å². The van der Waals surface area contributed by atoms with Crippen molar-refractivity contribution >= 4 is 5.91 Å². The summed E-state index contributed by atoms with van der Waals surface area (Å²) >= 11 is 0. The number of benzene rings is 1. The molecule has 0 aliphatic heterocycles. The number of amides is 1. The van der Waals surface area contributed by atoms with Gasteiger partial charge in [0, 0.05) is 13.6 Å². The maximum Gasteiger partial charge on any atom is 0.240 e. The zero-order chi connectivity index (χ0) is 13.9. The van der Waals surface area contributed by atoms with Gasteiger partial charge in [0.2, 0.25) is 5.91 Å². The fourth-order valence-electron chi connectivity index (χ4n) is 1.56. The van der Waals surface area contributed by atoms with E-state index >= 15 is 0 Å². The summed E-state index contributed by atoms with van der Waals surface area (Å²) in [5.41, 5.74) is 6.65. The predicted molar refractivity (Wildman–Crippen MR) is 72.0 cm³/mol. The monoisotopic (exact) mass is 250 g/mol. The van der Waals surface area contributed by atoms with Gasteiger partial charge in [0.15, 0.2) is 0 Å². The Bertz CT molecular complexity index is 407. The Kier molecular flexibility index (Phi) is 4.35. The molecule has 18 heavy (non-hydrogen) atoms. The zero-order valence-corrected chi connectivity index (χ0v) is 11.5. The molecular weight excluding hydrogens is 228 g/mol. The summed E-state index contributed by atoms with van der Waals surface area (Å²) in [4.78, 5) is 13.7. The van der Waals surface area contributed by atoms with Crippen molar-refractivity contribution in [3.8, 4) is 5.75 Å². The van der Waals surface area contributed by atoms with E-state index in [1.807, 2.05) is 20.8 Å². The molecule has 1 atom stereocenters. The predicted octanol–water partition coefficient (Wildman–Crippen LogP) is 1.72. The largest absolute Gasteiger partial charge is 0.508 e. The van der Waals surface area contributed by atoms with Crippen molar-refractivity contribution in [1.29, 1.82) is 0 Å². The van der Waals surface area contributed by atoms with Gasteiger partial charge in [-0.1, -0.05) is 32.9 Å². The number of aromatic hydroxyl groups is 1. The molecule has 0 aromatic heterocycles. The number of phenolic OH excluding ortho intramolecular Hbond substituents is 1. The number of rotatable bonds is 3. The first-order chi connectivity index (χ1) is 8.21. The van der Waals surface area contributed by atoms with Gasteiger partial charge in [-0.2, -0.15) is 0 Å². The molecule has 0 aliphatic rings. The minimum absolute atomic E-state index is 0.0735. The summed E-state index contributed by atoms with van der Waals surface area (Å²) in [5.74, 6) is 0.148. The molecule has 4 heteroatoms. The van der Waals surface area contributed by atoms with Gasteiger partial charge in [0.05, 0.1) is 6.04 Å². The van der Waals surface area contributed by atoms with Crippen LogP contribution in [0.3, 0.4) is 0 Å². The number of carbonyl (C=O) groups is 1. The van der Waals surface area contributed by atoms with Crippen LogP contribution in [0.25, 0.3) is 0 Å². The summed E-state index contributed by atoms with van der Waals surface area (Å²) in [6, 6.07) is 6.29. The smallest absolute Gasteiger partial charge is 0.240 e. The average Bonchev–Trinajstić information content (AvgIpc) is 2.29. The lowest BCUT2D eigenvalue weighted by atomic mass is 9.86. The molecule has 0 bridgehead atoms. The minimum Gasteiger partial charge on any atom is -0.508 e. The van der Waals surface area contributed by atoms with Gasteiger partial charge in [0.1, 0.15) is 5.75 Å². The van der Waals surface area contributed by atoms with Crippen LogP contribution in [0.5, 0.6) is 5.75 Å². The van der Waals surface area contributed by atoms with E-state index < -0.39 is 6.04 Å². The molecule has 1 aromatic carbocycles. The van der Waals surface area contributed by atoms with Gasteiger partial charge in [0.25, 0.3) is 0 Å². The summed E-state index contributed by atoms with van der Waals surface area (Å²) in [6.45, 7) is 6.33. The van der Waals surface area contributed by atoms with E-state index in [9.17, 15) is 9.90 Å². The summed E-state index contributed by atoms with van der Waals surface area (Å²) < 4.78 is 0. The van der Waals surface area contributed by atoms with Crippen LogP contribution in [0.2, 0.25) is 0 Å². The standard InChI is InChI=1S/C14H22N2O2/c1-14(2,3)12(15)13(18)16(4)9-10-5-7-11(17)8-6-10/h5-8,12,17H,9,15H2,1-4H3. The number of nitrogens with zero attached hydrogens (tertiary/aromatic N) is 1. The zero-order valence-electron chi connectivity index (χ0n) is 11.5. The van der Waals surface area contributed by atoms with Crippen LogP contribution in [0.1, 0.15) is 26.3 Å². The first-order valence-electron chi connectivity index (χ1n) is 6.00. The van der Waals surface area contributed by atoms with Crippen molar-refractivity contribution in [2.45, 2.75) is 33.4 Å². The number of carbonyl (C=O) groups excluding carboxylic acids is 1. The Labute approximate surface area is 108 Å². The highest BCUT2D eigenvalue weighted by Crippen LogP contribution is 2.19. The molecule has 0 fully saturated rings. The molecule has 0 saturated heterocycles. The summed E-state index contributed by atoms with van der Waals surface area (Å²) in [5, 5.41) is 9.19.